The summed E-state index contributed by atoms with van der Waals surface area (Å²) in [5.41, 5.74) is 5.01. The van der Waals surface area contributed by atoms with Crippen LogP contribution in [0.3, 0.4) is 0 Å². The summed E-state index contributed by atoms with van der Waals surface area (Å²) in [5.74, 6) is 0.935. The van der Waals surface area contributed by atoms with Crippen molar-refractivity contribution in [3.8, 4) is 0 Å². The first-order valence-electron chi connectivity index (χ1n) is 14.6. The number of piperidine rings is 1. The molecule has 1 N–H and O–H groups in total. The molecule has 2 aromatic rings. The molecule has 2 atom stereocenters. The van der Waals surface area contributed by atoms with E-state index in [4.69, 9.17) is 0 Å². The molecule has 2 saturated heterocycles. The lowest BCUT2D eigenvalue weighted by atomic mass is 9.68. The fourth-order valence-corrected chi connectivity index (χ4v) is 6.92. The Morgan fingerprint density at radius 3 is 2.63 bits per heavy atom. The van der Waals surface area contributed by atoms with Gasteiger partial charge >= 0.3 is 0 Å². The molecule has 7 nitrogen and oxygen atoms in total. The number of anilines is 1. The first-order chi connectivity index (χ1) is 18.3. The summed E-state index contributed by atoms with van der Waals surface area (Å²) in [6.07, 6.45) is 15.9. The Morgan fingerprint density at radius 1 is 1.16 bits per heavy atom. The summed E-state index contributed by atoms with van der Waals surface area (Å²) in [5, 5.41) is 14.2. The number of carbonyl (C=O) groups excluding carboxylic acids is 1. The maximum atomic E-state index is 12.7. The van der Waals surface area contributed by atoms with Gasteiger partial charge < -0.3 is 19.8 Å². The van der Waals surface area contributed by atoms with Gasteiger partial charge in [-0.15, -0.1) is 0 Å². The van der Waals surface area contributed by atoms with Gasteiger partial charge in [0.1, 0.15) is 0 Å². The van der Waals surface area contributed by atoms with Crippen molar-refractivity contribution >= 4 is 22.7 Å². The van der Waals surface area contributed by atoms with Crippen LogP contribution in [0.15, 0.2) is 42.8 Å². The average molecular weight is 518 g/mol. The molecule has 0 bridgehead atoms. The lowest BCUT2D eigenvalue weighted by Gasteiger charge is -2.44. The third-order valence-electron chi connectivity index (χ3n) is 9.74. The van der Waals surface area contributed by atoms with Gasteiger partial charge in [0.05, 0.1) is 17.3 Å². The molecule has 6 rings (SSSR count). The molecular weight excluding hydrogens is 474 g/mol. The van der Waals surface area contributed by atoms with Gasteiger partial charge in [0, 0.05) is 62.6 Å². The highest BCUT2D eigenvalue weighted by Crippen LogP contribution is 2.43. The lowest BCUT2D eigenvalue weighted by molar-refractivity contribution is -0.142. The van der Waals surface area contributed by atoms with Crippen LogP contribution in [0.5, 0.6) is 0 Å². The number of rotatable bonds is 5. The highest BCUT2D eigenvalue weighted by molar-refractivity contribution is 5.83. The van der Waals surface area contributed by atoms with Gasteiger partial charge in [0.2, 0.25) is 5.91 Å². The topological polar surface area (TPSA) is 64.3 Å². The van der Waals surface area contributed by atoms with Crippen LogP contribution >= 0.6 is 0 Å². The van der Waals surface area contributed by atoms with Crippen LogP contribution in [0.4, 0.5) is 5.69 Å². The molecule has 2 aromatic heterocycles. The van der Waals surface area contributed by atoms with Gasteiger partial charge in [-0.05, 0) is 81.5 Å². The van der Waals surface area contributed by atoms with Crippen LogP contribution in [0.25, 0.3) is 11.1 Å². The molecule has 204 valence electrons. The molecular formula is C31H43N5O2. The smallest absolute Gasteiger partial charge is 0.226 e. The fraction of sp³-hybridized carbons (Fsp3) is 0.613. The standard InChI is InChI=1S/C31H43N5O2/c1-22(2)35-12-4-5-26(21-35)31(3)9-6-23(7-10-31)25-19-29-28(8-11-32-36(29)20-25)33-13-15-34(16-14-33)30(38)24-17-27(37)18-24/h6-9,11,19-20,22,24,26-27,37H,4-5,10,12-18,21H2,1-3H3/t24?,26-,27?,31?/m0/s1. The van der Waals surface area contributed by atoms with E-state index in [1.165, 1.54) is 42.8 Å². The van der Waals surface area contributed by atoms with Gasteiger partial charge in [-0.2, -0.15) is 5.10 Å². The van der Waals surface area contributed by atoms with Crippen molar-refractivity contribution in [1.29, 1.82) is 0 Å². The zero-order chi connectivity index (χ0) is 26.4. The fourth-order valence-electron chi connectivity index (χ4n) is 6.92. The second kappa shape index (κ2) is 10.2. The summed E-state index contributed by atoms with van der Waals surface area (Å²) >= 11 is 0. The first kappa shape index (κ1) is 25.6. The number of hydrogen-bond donors (Lipinski definition) is 1. The highest BCUT2D eigenvalue weighted by atomic mass is 16.3. The Hall–Kier alpha value is -2.64. The van der Waals surface area contributed by atoms with E-state index < -0.39 is 0 Å². The van der Waals surface area contributed by atoms with E-state index in [-0.39, 0.29) is 23.3 Å². The predicted octanol–water partition coefficient (Wildman–Crippen LogP) is 4.22. The SMILES string of the molecule is CC(C)N1CCC[C@H](C2(C)C=CC(c3cc4c(N5CCN(C(=O)C6CC(O)C6)CC5)ccnn4c3)=CC2)C1. The quantitative estimate of drug-likeness (QED) is 0.643. The van der Waals surface area contributed by atoms with Crippen LogP contribution in [-0.4, -0.2) is 81.8 Å². The van der Waals surface area contributed by atoms with Crippen LogP contribution in [0.2, 0.25) is 0 Å². The molecule has 1 amide bonds. The van der Waals surface area contributed by atoms with Gasteiger partial charge in [-0.1, -0.05) is 25.2 Å². The molecule has 1 saturated carbocycles. The van der Waals surface area contributed by atoms with Crippen molar-refractivity contribution in [2.24, 2.45) is 17.3 Å². The van der Waals surface area contributed by atoms with Gasteiger partial charge in [0.15, 0.2) is 0 Å². The number of hydrogen-bond acceptors (Lipinski definition) is 5. The van der Waals surface area contributed by atoms with E-state index in [0.29, 0.717) is 24.8 Å². The molecule has 7 heteroatoms. The van der Waals surface area contributed by atoms with Crippen molar-refractivity contribution in [2.45, 2.75) is 65.0 Å². The zero-order valence-electron chi connectivity index (χ0n) is 23.2. The van der Waals surface area contributed by atoms with Crippen molar-refractivity contribution in [3.05, 3.63) is 48.3 Å². The minimum Gasteiger partial charge on any atom is -0.393 e. The lowest BCUT2D eigenvalue weighted by Crippen LogP contribution is -2.52. The van der Waals surface area contributed by atoms with Crippen LogP contribution in [0.1, 0.15) is 58.4 Å². The third-order valence-corrected chi connectivity index (χ3v) is 9.74. The van der Waals surface area contributed by atoms with E-state index in [1.807, 2.05) is 15.6 Å². The Kier molecular flexibility index (Phi) is 6.85. The number of piperazine rings is 1. The van der Waals surface area contributed by atoms with E-state index >= 15 is 0 Å². The highest BCUT2D eigenvalue weighted by Gasteiger charge is 2.37. The van der Waals surface area contributed by atoms with E-state index in [9.17, 15) is 9.90 Å². The number of likely N-dealkylation sites (tertiary alicyclic amines) is 1. The summed E-state index contributed by atoms with van der Waals surface area (Å²) in [6, 6.07) is 5.00. The number of nitrogens with zero attached hydrogens (tertiary/aromatic N) is 5. The largest absolute Gasteiger partial charge is 0.393 e. The Bertz CT molecular complexity index is 1230. The molecule has 0 radical (unpaired) electrons. The molecule has 3 fully saturated rings. The summed E-state index contributed by atoms with van der Waals surface area (Å²) in [4.78, 5) is 19.7. The van der Waals surface area contributed by atoms with E-state index in [0.717, 1.165) is 38.1 Å². The molecule has 2 aliphatic heterocycles. The first-order valence-corrected chi connectivity index (χ1v) is 14.6. The number of amides is 1. The molecule has 1 unspecified atom stereocenters. The average Bonchev–Trinajstić information content (AvgIpc) is 3.36. The Balaban J connectivity index is 1.14. The molecule has 4 aliphatic rings. The van der Waals surface area contributed by atoms with E-state index in [1.54, 1.807) is 0 Å². The Morgan fingerprint density at radius 2 is 1.95 bits per heavy atom. The number of allylic oxidation sites excluding steroid dienone is 4. The number of fused-ring (bicyclic) bond motifs is 1. The normalized spacial score (nSPS) is 30.6. The monoisotopic (exact) mass is 517 g/mol. The van der Waals surface area contributed by atoms with Crippen molar-refractivity contribution < 1.29 is 9.90 Å². The maximum absolute atomic E-state index is 12.7. The van der Waals surface area contributed by atoms with Crippen molar-refractivity contribution in [3.63, 3.8) is 0 Å². The minimum absolute atomic E-state index is 0.0169. The number of aromatic nitrogens is 2. The molecule has 2 aliphatic carbocycles. The molecule has 4 heterocycles. The van der Waals surface area contributed by atoms with Gasteiger partial charge in [0.25, 0.3) is 0 Å². The van der Waals surface area contributed by atoms with Gasteiger partial charge in [-0.3, -0.25) is 4.79 Å². The number of aliphatic hydroxyl groups excluding tert-OH is 1. The molecule has 0 spiro atoms. The predicted molar refractivity (Wildman–Crippen MR) is 152 cm³/mol. The number of aliphatic hydroxyl groups is 1. The van der Waals surface area contributed by atoms with Gasteiger partial charge in [-0.25, -0.2) is 4.52 Å². The maximum Gasteiger partial charge on any atom is 0.226 e. The Labute approximate surface area is 226 Å². The third kappa shape index (κ3) is 4.79. The summed E-state index contributed by atoms with van der Waals surface area (Å²) in [7, 11) is 0. The minimum atomic E-state index is -0.288. The number of carbonyl (C=O) groups is 1. The van der Waals surface area contributed by atoms with Crippen molar-refractivity contribution in [1.82, 2.24) is 19.4 Å². The van der Waals surface area contributed by atoms with Crippen LogP contribution in [-0.2, 0) is 4.79 Å². The zero-order valence-corrected chi connectivity index (χ0v) is 23.2. The van der Waals surface area contributed by atoms with E-state index in [2.05, 4.69) is 72.2 Å². The summed E-state index contributed by atoms with van der Waals surface area (Å²) in [6.45, 7) is 12.6. The van der Waals surface area contributed by atoms with Crippen molar-refractivity contribution in [2.75, 3.05) is 44.2 Å². The second-order valence-corrected chi connectivity index (χ2v) is 12.5. The second-order valence-electron chi connectivity index (χ2n) is 12.5. The summed E-state index contributed by atoms with van der Waals surface area (Å²) < 4.78 is 2.00. The van der Waals surface area contributed by atoms with Crippen LogP contribution in [0, 0.1) is 17.3 Å². The molecule has 0 aromatic carbocycles. The molecule has 38 heavy (non-hydrogen) atoms. The van der Waals surface area contributed by atoms with Crippen LogP contribution < -0.4 is 4.90 Å².